The first kappa shape index (κ1) is 50.8. The van der Waals surface area contributed by atoms with Gasteiger partial charge in [-0.2, -0.15) is 0 Å². The van der Waals surface area contributed by atoms with Gasteiger partial charge in [0.05, 0.1) is 60.8 Å². The monoisotopic (exact) mass is 845 g/mol. The zero-order valence-corrected chi connectivity index (χ0v) is 37.3. The van der Waals surface area contributed by atoms with E-state index in [2.05, 4.69) is 4.74 Å². The highest BCUT2D eigenvalue weighted by atomic mass is 16.7. The van der Waals surface area contributed by atoms with Gasteiger partial charge >= 0.3 is 11.9 Å². The van der Waals surface area contributed by atoms with Gasteiger partial charge in [-0.25, -0.2) is 4.79 Å². The second-order valence-corrected chi connectivity index (χ2v) is 17.5. The minimum atomic E-state index is -2.02. The van der Waals surface area contributed by atoms with Crippen LogP contribution < -0.4 is 0 Å². The molecule has 0 aromatic rings. The molecule has 0 spiro atoms. The molecule has 3 aliphatic rings. The van der Waals surface area contributed by atoms with Crippen molar-refractivity contribution in [2.24, 2.45) is 23.7 Å². The van der Waals surface area contributed by atoms with Crippen LogP contribution in [-0.4, -0.2) is 162 Å². The first-order chi connectivity index (χ1) is 27.3. The van der Waals surface area contributed by atoms with E-state index in [0.29, 0.717) is 0 Å². The van der Waals surface area contributed by atoms with Crippen molar-refractivity contribution in [3.8, 4) is 0 Å². The fourth-order valence-electron chi connectivity index (χ4n) is 8.94. The van der Waals surface area contributed by atoms with E-state index in [4.69, 9.17) is 33.2 Å². The highest BCUT2D eigenvalue weighted by molar-refractivity contribution is 5.94. The normalized spacial score (nSPS) is 44.4. The molecule has 1 amide bonds. The van der Waals surface area contributed by atoms with Crippen molar-refractivity contribution in [2.45, 2.75) is 179 Å². The number of likely N-dealkylation sites (N-methyl/N-ethyl adjacent to an activating group) is 1. The summed E-state index contributed by atoms with van der Waals surface area (Å²) >= 11 is 0. The summed E-state index contributed by atoms with van der Waals surface area (Å²) in [6, 6.07) is -0.848. The predicted octanol–water partition coefficient (Wildman–Crippen LogP) is 2.07. The number of aliphatic hydroxyl groups excluding tert-OH is 3. The highest BCUT2D eigenvalue weighted by Gasteiger charge is 2.54. The van der Waals surface area contributed by atoms with Crippen molar-refractivity contribution >= 4 is 23.6 Å². The van der Waals surface area contributed by atoms with Gasteiger partial charge < -0.3 is 63.2 Å². The third-order valence-corrected chi connectivity index (χ3v) is 13.0. The van der Waals surface area contributed by atoms with Gasteiger partial charge in [0.1, 0.15) is 29.7 Å². The lowest BCUT2D eigenvalue weighted by Crippen LogP contribution is -2.62. The molecule has 3 aliphatic heterocycles. The Morgan fingerprint density at radius 1 is 0.864 bits per heavy atom. The highest BCUT2D eigenvalue weighted by Crippen LogP contribution is 2.42. The number of ether oxygens (including phenoxy) is 8. The van der Waals surface area contributed by atoms with E-state index in [1.54, 1.807) is 55.4 Å². The zero-order chi connectivity index (χ0) is 44.9. The Morgan fingerprint density at radius 2 is 1.47 bits per heavy atom. The largest absolute Gasteiger partial charge is 0.466 e. The molecular weight excluding hydrogens is 774 g/mol. The number of esters is 2. The average Bonchev–Trinajstić information content (AvgIpc) is 3.20. The second kappa shape index (κ2) is 20.5. The number of carbonyl (C=O) groups is 4. The molecule has 4 N–H and O–H groups in total. The number of amides is 1. The fraction of sp³-hybridized carbons (Fsp3) is 0.857. The third kappa shape index (κ3) is 11.3. The summed E-state index contributed by atoms with van der Waals surface area (Å²) in [5.74, 6) is -6.33. The van der Waals surface area contributed by atoms with E-state index in [1.165, 1.54) is 47.1 Å². The summed E-state index contributed by atoms with van der Waals surface area (Å²) in [6.45, 7) is 16.4. The van der Waals surface area contributed by atoms with Gasteiger partial charge in [-0.05, 0) is 60.8 Å². The predicted molar refractivity (Wildman–Crippen MR) is 211 cm³/mol. The van der Waals surface area contributed by atoms with Crippen LogP contribution >= 0.6 is 0 Å². The molecule has 0 saturated carbocycles. The molecular formula is C42H71NO16. The van der Waals surface area contributed by atoms with Crippen molar-refractivity contribution in [2.75, 3.05) is 28.4 Å². The van der Waals surface area contributed by atoms with E-state index in [0.717, 1.165) is 12.2 Å². The lowest BCUT2D eigenvalue weighted by Gasteiger charge is -2.50. The molecule has 0 bridgehead atoms. The van der Waals surface area contributed by atoms with E-state index >= 15 is 0 Å². The van der Waals surface area contributed by atoms with Crippen LogP contribution in [0.4, 0.5) is 0 Å². The van der Waals surface area contributed by atoms with Gasteiger partial charge in [-0.1, -0.05) is 27.7 Å². The molecule has 17 heteroatoms. The molecule has 0 aromatic carbocycles. The summed E-state index contributed by atoms with van der Waals surface area (Å²) in [5, 5.41) is 46.0. The lowest BCUT2D eigenvalue weighted by molar-refractivity contribution is -0.319. The van der Waals surface area contributed by atoms with Gasteiger partial charge in [0.2, 0.25) is 5.91 Å². The maximum Gasteiger partial charge on any atom is 0.330 e. The number of Topliss-reactive ketones (excluding diaryl/α,β-unsaturated/α-hetero) is 1. The van der Waals surface area contributed by atoms with E-state index in [9.17, 15) is 39.6 Å². The number of rotatable bonds is 10. The number of hydrogen-bond acceptors (Lipinski definition) is 16. The van der Waals surface area contributed by atoms with Crippen LogP contribution in [0.1, 0.15) is 94.9 Å². The van der Waals surface area contributed by atoms with Gasteiger partial charge in [0, 0.05) is 57.6 Å². The topological polar surface area (TPSA) is 226 Å². The number of carbonyl (C=O) groups excluding carboxylic acids is 4. The molecule has 0 aromatic heterocycles. The summed E-state index contributed by atoms with van der Waals surface area (Å²) in [6.07, 6.45) is -8.88. The first-order valence-corrected chi connectivity index (χ1v) is 20.6. The maximum absolute atomic E-state index is 14.3. The first-order valence-electron chi connectivity index (χ1n) is 20.6. The molecule has 18 atom stereocenters. The molecule has 340 valence electrons. The molecule has 3 saturated heterocycles. The molecule has 0 aliphatic carbocycles. The number of hydrogen-bond donors (Lipinski definition) is 4. The van der Waals surface area contributed by atoms with Gasteiger partial charge in [0.25, 0.3) is 0 Å². The smallest absolute Gasteiger partial charge is 0.330 e. The molecule has 3 heterocycles. The number of cyclic esters (lactones) is 1. The van der Waals surface area contributed by atoms with Crippen molar-refractivity contribution in [3.05, 3.63) is 12.2 Å². The van der Waals surface area contributed by atoms with Gasteiger partial charge in [-0.3, -0.25) is 14.4 Å². The van der Waals surface area contributed by atoms with Crippen LogP contribution in [0, 0.1) is 23.7 Å². The molecule has 0 radical (unpaired) electrons. The second-order valence-electron chi connectivity index (χ2n) is 17.5. The lowest BCUT2D eigenvalue weighted by atomic mass is 9.74. The fourth-order valence-corrected chi connectivity index (χ4v) is 8.94. The molecule has 0 unspecified atom stereocenters. The van der Waals surface area contributed by atoms with Crippen LogP contribution in [0.5, 0.6) is 0 Å². The Hall–Kier alpha value is -2.58. The van der Waals surface area contributed by atoms with Gasteiger partial charge in [0.15, 0.2) is 12.6 Å². The zero-order valence-electron chi connectivity index (χ0n) is 37.3. The van der Waals surface area contributed by atoms with E-state index in [1.807, 2.05) is 0 Å². The minimum Gasteiger partial charge on any atom is -0.466 e. The summed E-state index contributed by atoms with van der Waals surface area (Å²) in [4.78, 5) is 54.5. The summed E-state index contributed by atoms with van der Waals surface area (Å²) in [7, 11) is 5.57. The Morgan fingerprint density at radius 3 is 2.03 bits per heavy atom. The maximum atomic E-state index is 14.3. The summed E-state index contributed by atoms with van der Waals surface area (Å²) < 4.78 is 48.4. The van der Waals surface area contributed by atoms with Crippen LogP contribution in [0.15, 0.2) is 12.2 Å². The van der Waals surface area contributed by atoms with Crippen molar-refractivity contribution in [1.82, 2.24) is 4.90 Å². The van der Waals surface area contributed by atoms with Crippen molar-refractivity contribution in [3.63, 3.8) is 0 Å². The van der Waals surface area contributed by atoms with Crippen LogP contribution in [0.3, 0.4) is 0 Å². The Kier molecular flexibility index (Phi) is 17.7. The Bertz CT molecular complexity index is 1480. The van der Waals surface area contributed by atoms with Crippen molar-refractivity contribution in [1.29, 1.82) is 0 Å². The van der Waals surface area contributed by atoms with E-state index < -0.39 is 132 Å². The SMILES string of the molecule is CC[C@H]1OC(=O)[C@H](C)[C@@H](O[C@H]2C[C@@](C)(OC)[C@@H](O)[C@H](C)O2)[C@H](C)[C@@H](O[C@@H]2O[C@H](C)C[C@H](N(C)C(=O)/C=C/C(=O)OC)[C@H]2O)[C@](C)(OC)C[C@@H](C)C(=O)[C@H](C)[C@@H](O)[C@]1(C)O. The standard InChI is InChI=1S/C42H71NO16/c1-15-28-42(10,51)35(48)23(4)32(46)21(2)19-41(9,54-14)37(59-39-33(47)27(18-22(3)55-39)43(11)29(44)16-17-30(45)52-12)24(5)34(25(6)38(50)57-28)58-31-20-40(8,53-13)36(49)26(7)56-31/h16-17,21-28,31,33-37,39,47-49,51H,15,18-20H2,1-14H3/b17-16+/t21-,22-,23+,24+,25-,26+,27+,28-,31+,33-,34+,35-,36+,37-,39+,40-,41-,42-/m1/s1. The van der Waals surface area contributed by atoms with Gasteiger partial charge in [-0.15, -0.1) is 0 Å². The Labute approximate surface area is 348 Å². The van der Waals surface area contributed by atoms with Crippen LogP contribution in [0.25, 0.3) is 0 Å². The number of methoxy groups -OCH3 is 3. The molecule has 17 nitrogen and oxygen atoms in total. The quantitative estimate of drug-likeness (QED) is 0.182. The Balaban J connectivity index is 2.21. The average molecular weight is 846 g/mol. The molecule has 3 fully saturated rings. The molecule has 59 heavy (non-hydrogen) atoms. The number of nitrogens with zero attached hydrogens (tertiary/aromatic N) is 1. The minimum absolute atomic E-state index is 0.00268. The van der Waals surface area contributed by atoms with Crippen LogP contribution in [0.2, 0.25) is 0 Å². The summed E-state index contributed by atoms with van der Waals surface area (Å²) in [5.41, 5.74) is -4.51. The third-order valence-electron chi connectivity index (χ3n) is 13.0. The van der Waals surface area contributed by atoms with Crippen molar-refractivity contribution < 1.29 is 77.5 Å². The number of aliphatic hydroxyl groups is 4. The van der Waals surface area contributed by atoms with E-state index in [-0.39, 0.29) is 25.7 Å². The number of ketones is 1. The van der Waals surface area contributed by atoms with Crippen LogP contribution in [-0.2, 0) is 57.1 Å². The molecule has 3 rings (SSSR count).